The summed E-state index contributed by atoms with van der Waals surface area (Å²) in [5.74, 6) is 0. The van der Waals surface area contributed by atoms with Crippen molar-refractivity contribution >= 4 is 0 Å². The molecule has 94 valence electrons. The maximum atomic E-state index is 4.42. The Hall–Kier alpha value is -0.870. The van der Waals surface area contributed by atoms with Gasteiger partial charge in [-0.25, -0.2) is 0 Å². The molecular weight excluding hydrogens is 212 g/mol. The van der Waals surface area contributed by atoms with E-state index in [1.165, 1.54) is 43.6 Å². The van der Waals surface area contributed by atoms with Crippen LogP contribution >= 0.6 is 0 Å². The van der Waals surface area contributed by atoms with Crippen LogP contribution in [-0.4, -0.2) is 39.9 Å². The van der Waals surface area contributed by atoms with Crippen molar-refractivity contribution in [3.63, 3.8) is 0 Å². The van der Waals surface area contributed by atoms with Crippen LogP contribution in [0.5, 0.6) is 0 Å². The van der Waals surface area contributed by atoms with Crippen LogP contribution in [0.1, 0.15) is 30.5 Å². The van der Waals surface area contributed by atoms with Crippen LogP contribution in [0, 0.1) is 6.92 Å². The van der Waals surface area contributed by atoms with Gasteiger partial charge in [-0.05, 0) is 26.2 Å². The van der Waals surface area contributed by atoms with Gasteiger partial charge in [0.1, 0.15) is 0 Å². The molecule has 0 radical (unpaired) electrons. The van der Waals surface area contributed by atoms with E-state index >= 15 is 0 Å². The van der Waals surface area contributed by atoms with Crippen molar-refractivity contribution in [2.75, 3.05) is 13.1 Å². The summed E-state index contributed by atoms with van der Waals surface area (Å²) < 4.78 is 1.92. The van der Waals surface area contributed by atoms with Gasteiger partial charge >= 0.3 is 0 Å². The minimum Gasteiger partial charge on any atom is -0.310 e. The van der Waals surface area contributed by atoms with Gasteiger partial charge in [0.05, 0.1) is 5.69 Å². The molecule has 2 bridgehead atoms. The van der Waals surface area contributed by atoms with Gasteiger partial charge in [-0.15, -0.1) is 0 Å². The highest BCUT2D eigenvalue weighted by Gasteiger charge is 2.29. The molecule has 0 aliphatic carbocycles. The molecule has 3 heterocycles. The van der Waals surface area contributed by atoms with Crippen LogP contribution < -0.4 is 5.32 Å². The molecule has 17 heavy (non-hydrogen) atoms. The monoisotopic (exact) mass is 234 g/mol. The highest BCUT2D eigenvalue weighted by molar-refractivity contribution is 5.15. The summed E-state index contributed by atoms with van der Waals surface area (Å²) in [5.41, 5.74) is 2.56. The van der Waals surface area contributed by atoms with Gasteiger partial charge in [-0.3, -0.25) is 9.58 Å². The smallest absolute Gasteiger partial charge is 0.0638 e. The molecule has 1 N–H and O–H groups in total. The number of hydrogen-bond acceptors (Lipinski definition) is 3. The lowest BCUT2D eigenvalue weighted by Gasteiger charge is -2.23. The zero-order valence-electron chi connectivity index (χ0n) is 10.8. The molecule has 2 aliphatic rings. The van der Waals surface area contributed by atoms with Crippen LogP contribution in [0.15, 0.2) is 6.20 Å². The largest absolute Gasteiger partial charge is 0.310 e. The van der Waals surface area contributed by atoms with E-state index in [1.54, 1.807) is 0 Å². The lowest BCUT2D eigenvalue weighted by atomic mass is 10.1. The van der Waals surface area contributed by atoms with Gasteiger partial charge < -0.3 is 5.32 Å². The number of aromatic nitrogens is 2. The molecule has 0 saturated carbocycles. The van der Waals surface area contributed by atoms with Crippen LogP contribution in [0.2, 0.25) is 0 Å². The molecule has 4 heteroatoms. The maximum absolute atomic E-state index is 4.42. The second-order valence-corrected chi connectivity index (χ2v) is 5.58. The Morgan fingerprint density at radius 2 is 2.18 bits per heavy atom. The first-order chi connectivity index (χ1) is 8.20. The number of fused-ring (bicyclic) bond motifs is 2. The van der Waals surface area contributed by atoms with Gasteiger partial charge in [0, 0.05) is 50.5 Å². The fourth-order valence-corrected chi connectivity index (χ4v) is 3.20. The molecule has 1 aromatic rings. The first-order valence-electron chi connectivity index (χ1n) is 6.68. The molecule has 1 aromatic heterocycles. The summed E-state index contributed by atoms with van der Waals surface area (Å²) in [4.78, 5) is 2.58. The number of nitrogens with one attached hydrogen (secondary N) is 1. The molecular formula is C13H22N4. The highest BCUT2D eigenvalue weighted by Crippen LogP contribution is 2.21. The molecule has 0 amide bonds. The van der Waals surface area contributed by atoms with E-state index in [2.05, 4.69) is 28.4 Å². The van der Waals surface area contributed by atoms with E-state index in [0.717, 1.165) is 18.6 Å². The van der Waals surface area contributed by atoms with Crippen molar-refractivity contribution < 1.29 is 0 Å². The van der Waals surface area contributed by atoms with Crippen molar-refractivity contribution in [1.29, 1.82) is 0 Å². The lowest BCUT2D eigenvalue weighted by molar-refractivity contribution is 0.250. The second kappa shape index (κ2) is 4.42. The van der Waals surface area contributed by atoms with Crippen LogP contribution in [0.25, 0.3) is 0 Å². The fraction of sp³-hybridized carbons (Fsp3) is 0.769. The molecule has 0 spiro atoms. The molecule has 4 nitrogen and oxygen atoms in total. The number of rotatable bonds is 2. The van der Waals surface area contributed by atoms with Crippen molar-refractivity contribution in [3.05, 3.63) is 17.5 Å². The Bertz CT molecular complexity index is 398. The van der Waals surface area contributed by atoms with Crippen LogP contribution in [-0.2, 0) is 13.6 Å². The van der Waals surface area contributed by atoms with Crippen LogP contribution in [0.4, 0.5) is 0 Å². The van der Waals surface area contributed by atoms with Gasteiger partial charge in [-0.1, -0.05) is 0 Å². The minimum atomic E-state index is 0.722. The van der Waals surface area contributed by atoms with Gasteiger partial charge in [0.15, 0.2) is 0 Å². The standard InChI is InChI=1S/C13H22N4/c1-10-11(7-16(2)15-10)8-17-6-5-12-3-4-13(9-17)14-12/h7,12-14H,3-6,8-9H2,1-2H3. The second-order valence-electron chi connectivity index (χ2n) is 5.58. The summed E-state index contributed by atoms with van der Waals surface area (Å²) in [6, 6.07) is 1.50. The van der Waals surface area contributed by atoms with E-state index in [-0.39, 0.29) is 0 Å². The van der Waals surface area contributed by atoms with E-state index in [0.29, 0.717) is 0 Å². The Morgan fingerprint density at radius 3 is 2.94 bits per heavy atom. The van der Waals surface area contributed by atoms with Crippen LogP contribution in [0.3, 0.4) is 0 Å². The average Bonchev–Trinajstić information content (AvgIpc) is 2.75. The highest BCUT2D eigenvalue weighted by atomic mass is 15.3. The Labute approximate surface area is 103 Å². The van der Waals surface area contributed by atoms with Gasteiger partial charge in [0.2, 0.25) is 0 Å². The van der Waals surface area contributed by atoms with Gasteiger partial charge in [-0.2, -0.15) is 5.10 Å². The molecule has 2 atom stereocenters. The Kier molecular flexibility index (Phi) is 2.92. The molecule has 2 saturated heterocycles. The summed E-state index contributed by atoms with van der Waals surface area (Å²) >= 11 is 0. The minimum absolute atomic E-state index is 0.722. The number of aryl methyl sites for hydroxylation is 2. The van der Waals surface area contributed by atoms with E-state index in [4.69, 9.17) is 0 Å². The van der Waals surface area contributed by atoms with Gasteiger partial charge in [0.25, 0.3) is 0 Å². The predicted octanol–water partition coefficient (Wildman–Crippen LogP) is 1.05. The molecule has 2 fully saturated rings. The normalized spacial score (nSPS) is 29.5. The predicted molar refractivity (Wildman–Crippen MR) is 67.8 cm³/mol. The van der Waals surface area contributed by atoms with E-state index in [9.17, 15) is 0 Å². The van der Waals surface area contributed by atoms with E-state index < -0.39 is 0 Å². The lowest BCUT2D eigenvalue weighted by Crippen LogP contribution is -2.35. The third-order valence-corrected chi connectivity index (χ3v) is 4.12. The van der Waals surface area contributed by atoms with Crippen molar-refractivity contribution in [1.82, 2.24) is 20.0 Å². The Morgan fingerprint density at radius 1 is 1.35 bits per heavy atom. The SMILES string of the molecule is Cc1nn(C)cc1CN1CCC2CCC(C1)N2. The zero-order chi connectivity index (χ0) is 11.8. The number of hydrogen-bond donors (Lipinski definition) is 1. The number of likely N-dealkylation sites (tertiary alicyclic amines) is 1. The molecule has 3 rings (SSSR count). The topological polar surface area (TPSA) is 33.1 Å². The summed E-state index contributed by atoms with van der Waals surface area (Å²) in [5, 5.41) is 8.15. The maximum Gasteiger partial charge on any atom is 0.0638 e. The fourth-order valence-electron chi connectivity index (χ4n) is 3.20. The molecule has 0 aromatic carbocycles. The zero-order valence-corrected chi connectivity index (χ0v) is 10.8. The summed E-state index contributed by atoms with van der Waals surface area (Å²) in [6.07, 6.45) is 6.19. The summed E-state index contributed by atoms with van der Waals surface area (Å²) in [7, 11) is 2.00. The third kappa shape index (κ3) is 2.38. The average molecular weight is 234 g/mol. The number of nitrogens with zero attached hydrogens (tertiary/aromatic N) is 3. The quantitative estimate of drug-likeness (QED) is 0.830. The van der Waals surface area contributed by atoms with Crippen molar-refractivity contribution in [2.24, 2.45) is 7.05 Å². The molecule has 2 unspecified atom stereocenters. The molecule has 2 aliphatic heterocycles. The summed E-state index contributed by atoms with van der Waals surface area (Å²) in [6.45, 7) is 5.59. The van der Waals surface area contributed by atoms with Crippen molar-refractivity contribution in [2.45, 2.75) is 44.8 Å². The first kappa shape index (κ1) is 11.2. The Balaban J connectivity index is 1.67. The van der Waals surface area contributed by atoms with E-state index in [1.807, 2.05) is 11.7 Å². The third-order valence-electron chi connectivity index (χ3n) is 4.12. The first-order valence-corrected chi connectivity index (χ1v) is 6.68. The van der Waals surface area contributed by atoms with Crippen molar-refractivity contribution in [3.8, 4) is 0 Å².